The van der Waals surface area contributed by atoms with E-state index in [4.69, 9.17) is 0 Å². The van der Waals surface area contributed by atoms with Gasteiger partial charge < -0.3 is 10.6 Å². The van der Waals surface area contributed by atoms with Gasteiger partial charge in [-0.1, -0.05) is 6.07 Å². The highest BCUT2D eigenvalue weighted by Crippen LogP contribution is 2.30. The van der Waals surface area contributed by atoms with E-state index in [1.807, 2.05) is 19.9 Å². The minimum Gasteiger partial charge on any atom is -0.324 e. The number of aliphatic imine (C=N–C) groups is 1. The molecule has 3 rings (SSSR count). The van der Waals surface area contributed by atoms with Crippen LogP contribution in [0.15, 0.2) is 22.0 Å². The molecule has 1 fully saturated rings. The first-order valence-electron chi connectivity index (χ1n) is 7.62. The van der Waals surface area contributed by atoms with Crippen LogP contribution in [-0.2, 0) is 10.0 Å². The standard InChI is InChI=1S/C15H22N4O2S/c1-10-3-4-13-14(11(10)2)22(20,21)19-15(18-13)17-9-12-5-7-16-8-6-12/h3-4,12,16H,5-9H2,1-2H3,(H2,17,18,19). The van der Waals surface area contributed by atoms with Crippen LogP contribution in [0.2, 0.25) is 0 Å². The van der Waals surface area contributed by atoms with Crippen LogP contribution in [-0.4, -0.2) is 34.0 Å². The van der Waals surface area contributed by atoms with E-state index in [2.05, 4.69) is 20.3 Å². The molecule has 2 aliphatic rings. The molecule has 22 heavy (non-hydrogen) atoms. The summed E-state index contributed by atoms with van der Waals surface area (Å²) in [5.41, 5.74) is 2.34. The Bertz CT molecular complexity index is 706. The first-order chi connectivity index (χ1) is 10.5. The van der Waals surface area contributed by atoms with Gasteiger partial charge in [0, 0.05) is 6.54 Å². The van der Waals surface area contributed by atoms with E-state index < -0.39 is 10.0 Å². The lowest BCUT2D eigenvalue weighted by Gasteiger charge is -2.25. The lowest BCUT2D eigenvalue weighted by atomic mass is 9.99. The van der Waals surface area contributed by atoms with Crippen molar-refractivity contribution in [3.63, 3.8) is 0 Å². The van der Waals surface area contributed by atoms with Gasteiger partial charge in [-0.3, -0.25) is 4.99 Å². The molecule has 0 radical (unpaired) electrons. The fraction of sp³-hybridized carbons (Fsp3) is 0.533. The van der Waals surface area contributed by atoms with Crippen molar-refractivity contribution in [2.45, 2.75) is 31.6 Å². The van der Waals surface area contributed by atoms with Crippen LogP contribution in [0, 0.1) is 19.8 Å². The highest BCUT2D eigenvalue weighted by atomic mass is 32.2. The summed E-state index contributed by atoms with van der Waals surface area (Å²) in [5.74, 6) is 0.843. The minimum absolute atomic E-state index is 0.327. The summed E-state index contributed by atoms with van der Waals surface area (Å²) in [6.45, 7) is 6.40. The molecule has 0 amide bonds. The highest BCUT2D eigenvalue weighted by molar-refractivity contribution is 7.90. The molecule has 0 aromatic heterocycles. The zero-order chi connectivity index (χ0) is 15.7. The molecule has 1 aromatic carbocycles. The summed E-state index contributed by atoms with van der Waals surface area (Å²) in [4.78, 5) is 4.77. The fourth-order valence-corrected chi connectivity index (χ4v) is 4.37. The van der Waals surface area contributed by atoms with Gasteiger partial charge in [0.1, 0.15) is 4.90 Å². The summed E-state index contributed by atoms with van der Waals surface area (Å²) in [7, 11) is -3.55. The zero-order valence-electron chi connectivity index (χ0n) is 12.9. The Kier molecular flexibility index (Phi) is 4.10. The Morgan fingerprint density at radius 2 is 1.95 bits per heavy atom. The summed E-state index contributed by atoms with van der Waals surface area (Å²) in [6, 6.07) is 3.72. The predicted molar refractivity (Wildman–Crippen MR) is 87.8 cm³/mol. The van der Waals surface area contributed by atoms with Crippen molar-refractivity contribution in [2.75, 3.05) is 25.0 Å². The molecule has 0 spiro atoms. The molecule has 0 bridgehead atoms. The predicted octanol–water partition coefficient (Wildman–Crippen LogP) is 1.36. The number of nitrogens with one attached hydrogen (secondary N) is 3. The van der Waals surface area contributed by atoms with Gasteiger partial charge in [0.25, 0.3) is 10.0 Å². The molecular formula is C15H22N4O2S. The van der Waals surface area contributed by atoms with Gasteiger partial charge in [-0.05, 0) is 62.9 Å². The summed E-state index contributed by atoms with van der Waals surface area (Å²) < 4.78 is 27.5. The maximum absolute atomic E-state index is 12.5. The highest BCUT2D eigenvalue weighted by Gasteiger charge is 2.29. The SMILES string of the molecule is Cc1ccc2c(c1C)S(=O)(=O)NC(=NCC1CCNCC1)N2. The molecule has 6 nitrogen and oxygen atoms in total. The van der Waals surface area contributed by atoms with E-state index >= 15 is 0 Å². The molecule has 0 unspecified atom stereocenters. The number of sulfonamides is 1. The quantitative estimate of drug-likeness (QED) is 0.768. The van der Waals surface area contributed by atoms with E-state index in [0.717, 1.165) is 37.1 Å². The van der Waals surface area contributed by atoms with E-state index in [0.29, 0.717) is 29.0 Å². The Morgan fingerprint density at radius 1 is 1.23 bits per heavy atom. The maximum Gasteiger partial charge on any atom is 0.266 e. The van der Waals surface area contributed by atoms with Crippen molar-refractivity contribution in [2.24, 2.45) is 10.9 Å². The van der Waals surface area contributed by atoms with Gasteiger partial charge in [0.15, 0.2) is 0 Å². The Balaban J connectivity index is 1.84. The molecule has 1 saturated heterocycles. The van der Waals surface area contributed by atoms with Crippen molar-refractivity contribution in [1.29, 1.82) is 0 Å². The van der Waals surface area contributed by atoms with Gasteiger partial charge in [-0.15, -0.1) is 0 Å². The van der Waals surface area contributed by atoms with Crippen LogP contribution >= 0.6 is 0 Å². The van der Waals surface area contributed by atoms with E-state index in [1.54, 1.807) is 6.07 Å². The van der Waals surface area contributed by atoms with Gasteiger partial charge in [-0.2, -0.15) is 0 Å². The minimum atomic E-state index is -3.55. The van der Waals surface area contributed by atoms with Gasteiger partial charge >= 0.3 is 0 Å². The van der Waals surface area contributed by atoms with E-state index in [1.165, 1.54) is 0 Å². The van der Waals surface area contributed by atoms with Crippen molar-refractivity contribution in [1.82, 2.24) is 10.0 Å². The number of benzene rings is 1. The Hall–Kier alpha value is -1.60. The van der Waals surface area contributed by atoms with Gasteiger partial charge in [0.05, 0.1) is 5.69 Å². The van der Waals surface area contributed by atoms with Crippen LogP contribution in [0.4, 0.5) is 5.69 Å². The second-order valence-electron chi connectivity index (χ2n) is 6.00. The number of anilines is 1. The van der Waals surface area contributed by atoms with Gasteiger partial charge in [0.2, 0.25) is 5.96 Å². The molecule has 0 saturated carbocycles. The number of guanidine groups is 1. The maximum atomic E-state index is 12.5. The number of nitrogens with zero attached hydrogens (tertiary/aromatic N) is 1. The molecule has 2 heterocycles. The molecule has 1 aromatic rings. The summed E-state index contributed by atoms with van der Waals surface area (Å²) in [6.07, 6.45) is 2.16. The number of fused-ring (bicyclic) bond motifs is 1. The van der Waals surface area contributed by atoms with Crippen LogP contribution < -0.4 is 15.4 Å². The largest absolute Gasteiger partial charge is 0.324 e. The smallest absolute Gasteiger partial charge is 0.266 e. The number of hydrogen-bond donors (Lipinski definition) is 3. The molecule has 0 aliphatic carbocycles. The van der Waals surface area contributed by atoms with Crippen LogP contribution in [0.1, 0.15) is 24.0 Å². The Morgan fingerprint density at radius 3 is 2.68 bits per heavy atom. The van der Waals surface area contributed by atoms with Crippen LogP contribution in [0.3, 0.4) is 0 Å². The number of hydrogen-bond acceptors (Lipinski definition) is 4. The average Bonchev–Trinajstić information content (AvgIpc) is 2.49. The molecule has 120 valence electrons. The van der Waals surface area contributed by atoms with Crippen molar-refractivity contribution >= 4 is 21.7 Å². The second-order valence-corrected chi connectivity index (χ2v) is 7.62. The molecule has 2 aliphatic heterocycles. The summed E-state index contributed by atoms with van der Waals surface area (Å²) >= 11 is 0. The second kappa shape index (κ2) is 5.89. The van der Waals surface area contributed by atoms with Crippen molar-refractivity contribution in [3.05, 3.63) is 23.3 Å². The van der Waals surface area contributed by atoms with Crippen molar-refractivity contribution < 1.29 is 8.42 Å². The Labute approximate surface area is 131 Å². The lowest BCUT2D eigenvalue weighted by molar-refractivity contribution is 0.383. The van der Waals surface area contributed by atoms with E-state index in [9.17, 15) is 8.42 Å². The zero-order valence-corrected chi connectivity index (χ0v) is 13.8. The monoisotopic (exact) mass is 322 g/mol. The molecular weight excluding hydrogens is 300 g/mol. The molecule has 0 atom stereocenters. The van der Waals surface area contributed by atoms with E-state index in [-0.39, 0.29) is 0 Å². The molecule has 3 N–H and O–H groups in total. The topological polar surface area (TPSA) is 82.6 Å². The third kappa shape index (κ3) is 2.96. The number of aryl methyl sites for hydroxylation is 1. The number of piperidine rings is 1. The first-order valence-corrected chi connectivity index (χ1v) is 9.11. The van der Waals surface area contributed by atoms with Gasteiger partial charge in [-0.25, -0.2) is 13.1 Å². The average molecular weight is 322 g/mol. The number of rotatable bonds is 2. The third-order valence-corrected chi connectivity index (χ3v) is 5.92. The third-order valence-electron chi connectivity index (χ3n) is 4.40. The van der Waals surface area contributed by atoms with Crippen LogP contribution in [0.25, 0.3) is 0 Å². The fourth-order valence-electron chi connectivity index (χ4n) is 2.92. The normalized spacial score (nSPS) is 22.7. The lowest BCUT2D eigenvalue weighted by Crippen LogP contribution is -2.41. The molecule has 7 heteroatoms. The van der Waals surface area contributed by atoms with Crippen molar-refractivity contribution in [3.8, 4) is 0 Å². The first kappa shape index (κ1) is 15.3. The van der Waals surface area contributed by atoms with Crippen LogP contribution in [0.5, 0.6) is 0 Å². The summed E-state index contributed by atoms with van der Waals surface area (Å²) in [5, 5.41) is 6.42.